The molecular weight excluding hydrogens is 244 g/mol. The molecule has 1 heterocycles. The van der Waals surface area contributed by atoms with Crippen LogP contribution in [0.1, 0.15) is 24.6 Å². The van der Waals surface area contributed by atoms with Crippen LogP contribution in [0.5, 0.6) is 5.75 Å². The molecule has 1 aromatic heterocycles. The van der Waals surface area contributed by atoms with Gasteiger partial charge in [-0.1, -0.05) is 0 Å². The van der Waals surface area contributed by atoms with E-state index in [-0.39, 0.29) is 0 Å². The molecule has 108 valence electrons. The van der Waals surface area contributed by atoms with E-state index in [0.717, 1.165) is 18.8 Å². The zero-order chi connectivity index (χ0) is 13.8. The number of methoxy groups -OCH3 is 1. The Labute approximate surface area is 114 Å². The third-order valence-electron chi connectivity index (χ3n) is 3.32. The lowest BCUT2D eigenvalue weighted by Gasteiger charge is -2.17. The molecule has 6 nitrogen and oxygen atoms in total. The van der Waals surface area contributed by atoms with Gasteiger partial charge >= 0.3 is 0 Å². The summed E-state index contributed by atoms with van der Waals surface area (Å²) in [4.78, 5) is 2.09. The SMILES string of the molecule is COc1cnn(CCN(C)C)c1C(O)CNC1CC1. The largest absolute Gasteiger partial charge is 0.493 e. The molecule has 1 aromatic rings. The highest BCUT2D eigenvalue weighted by molar-refractivity contribution is 5.27. The molecule has 1 unspecified atom stereocenters. The Morgan fingerprint density at radius 3 is 2.89 bits per heavy atom. The van der Waals surface area contributed by atoms with Crippen LogP contribution in [0, 0.1) is 0 Å². The fourth-order valence-electron chi connectivity index (χ4n) is 2.01. The number of hydrogen-bond donors (Lipinski definition) is 2. The maximum Gasteiger partial charge on any atom is 0.162 e. The summed E-state index contributed by atoms with van der Waals surface area (Å²) in [6.45, 7) is 2.17. The first-order chi connectivity index (χ1) is 9.11. The number of aromatic nitrogens is 2. The predicted molar refractivity (Wildman–Crippen MR) is 73.3 cm³/mol. The van der Waals surface area contributed by atoms with Crippen LogP contribution in [0.2, 0.25) is 0 Å². The summed E-state index contributed by atoms with van der Waals surface area (Å²) in [6, 6.07) is 0.582. The van der Waals surface area contributed by atoms with Gasteiger partial charge in [0.1, 0.15) is 11.8 Å². The van der Waals surface area contributed by atoms with E-state index in [0.29, 0.717) is 18.3 Å². The molecule has 6 heteroatoms. The molecule has 1 aliphatic rings. The average Bonchev–Trinajstić information content (AvgIpc) is 3.11. The molecule has 1 atom stereocenters. The lowest BCUT2D eigenvalue weighted by Crippen LogP contribution is -2.27. The maximum absolute atomic E-state index is 10.3. The molecule has 0 spiro atoms. The van der Waals surface area contributed by atoms with E-state index in [2.05, 4.69) is 15.3 Å². The molecule has 2 rings (SSSR count). The first kappa shape index (κ1) is 14.3. The molecule has 0 amide bonds. The summed E-state index contributed by atoms with van der Waals surface area (Å²) in [6.07, 6.45) is 3.51. The maximum atomic E-state index is 10.3. The molecular formula is C13H24N4O2. The summed E-state index contributed by atoms with van der Waals surface area (Å²) in [7, 11) is 5.65. The Morgan fingerprint density at radius 1 is 1.58 bits per heavy atom. The second kappa shape index (κ2) is 6.36. The van der Waals surface area contributed by atoms with Gasteiger partial charge in [0.25, 0.3) is 0 Å². The van der Waals surface area contributed by atoms with E-state index in [1.165, 1.54) is 12.8 Å². The van der Waals surface area contributed by atoms with Crippen molar-refractivity contribution >= 4 is 0 Å². The van der Waals surface area contributed by atoms with Crippen LogP contribution in [0.25, 0.3) is 0 Å². The number of aliphatic hydroxyl groups is 1. The van der Waals surface area contributed by atoms with Crippen LogP contribution in [-0.2, 0) is 6.54 Å². The normalized spacial score (nSPS) is 16.9. The van der Waals surface area contributed by atoms with Crippen molar-refractivity contribution in [2.75, 3.05) is 34.3 Å². The third-order valence-corrected chi connectivity index (χ3v) is 3.32. The molecule has 2 N–H and O–H groups in total. The standard InChI is InChI=1S/C13H24N4O2/c1-16(2)6-7-17-13(12(19-3)9-15-17)11(18)8-14-10-4-5-10/h9-11,14,18H,4-8H2,1-3H3. The molecule has 0 saturated heterocycles. The monoisotopic (exact) mass is 268 g/mol. The molecule has 1 aliphatic carbocycles. The minimum absolute atomic E-state index is 0.550. The van der Waals surface area contributed by atoms with Crippen LogP contribution < -0.4 is 10.1 Å². The smallest absolute Gasteiger partial charge is 0.162 e. The van der Waals surface area contributed by atoms with Gasteiger partial charge in [-0.3, -0.25) is 4.68 Å². The quantitative estimate of drug-likeness (QED) is 0.707. The molecule has 0 aromatic carbocycles. The molecule has 1 fully saturated rings. The Morgan fingerprint density at radius 2 is 2.32 bits per heavy atom. The Bertz CT molecular complexity index is 401. The van der Waals surface area contributed by atoms with Crippen LogP contribution in [0.4, 0.5) is 0 Å². The van der Waals surface area contributed by atoms with Gasteiger partial charge < -0.3 is 20.1 Å². The molecule has 1 saturated carbocycles. The van der Waals surface area contributed by atoms with Gasteiger partial charge in [0.05, 0.1) is 19.9 Å². The topological polar surface area (TPSA) is 62.5 Å². The van der Waals surface area contributed by atoms with E-state index in [1.807, 2.05) is 18.8 Å². The van der Waals surface area contributed by atoms with E-state index < -0.39 is 6.10 Å². The highest BCUT2D eigenvalue weighted by Gasteiger charge is 2.25. The minimum atomic E-state index is -0.583. The van der Waals surface area contributed by atoms with E-state index in [4.69, 9.17) is 4.74 Å². The summed E-state index contributed by atoms with van der Waals surface area (Å²) in [5.41, 5.74) is 0.762. The summed E-state index contributed by atoms with van der Waals surface area (Å²) >= 11 is 0. The van der Waals surface area contributed by atoms with Crippen LogP contribution in [0.3, 0.4) is 0 Å². The number of nitrogens with zero attached hydrogens (tertiary/aromatic N) is 3. The Balaban J connectivity index is 2.02. The molecule has 0 bridgehead atoms. The summed E-state index contributed by atoms with van der Waals surface area (Å²) < 4.78 is 7.12. The zero-order valence-corrected chi connectivity index (χ0v) is 12.0. The number of hydrogen-bond acceptors (Lipinski definition) is 5. The van der Waals surface area contributed by atoms with Gasteiger partial charge in [0, 0.05) is 19.1 Å². The number of aliphatic hydroxyl groups excluding tert-OH is 1. The van der Waals surface area contributed by atoms with Crippen molar-refractivity contribution in [2.45, 2.75) is 31.5 Å². The van der Waals surface area contributed by atoms with Crippen molar-refractivity contribution in [1.29, 1.82) is 0 Å². The number of nitrogens with one attached hydrogen (secondary N) is 1. The van der Waals surface area contributed by atoms with Crippen molar-refractivity contribution in [3.05, 3.63) is 11.9 Å². The fourth-order valence-corrected chi connectivity index (χ4v) is 2.01. The number of rotatable bonds is 8. The molecule has 0 aliphatic heterocycles. The van der Waals surface area contributed by atoms with E-state index in [9.17, 15) is 5.11 Å². The molecule has 19 heavy (non-hydrogen) atoms. The van der Waals surface area contributed by atoms with Crippen molar-refractivity contribution in [1.82, 2.24) is 20.0 Å². The van der Waals surface area contributed by atoms with Crippen molar-refractivity contribution < 1.29 is 9.84 Å². The number of ether oxygens (including phenoxy) is 1. The van der Waals surface area contributed by atoms with Gasteiger partial charge in [-0.25, -0.2) is 0 Å². The van der Waals surface area contributed by atoms with Crippen molar-refractivity contribution in [3.63, 3.8) is 0 Å². The van der Waals surface area contributed by atoms with Gasteiger partial charge in [0.2, 0.25) is 0 Å². The average molecular weight is 268 g/mol. The van der Waals surface area contributed by atoms with Crippen LogP contribution in [0.15, 0.2) is 6.20 Å². The van der Waals surface area contributed by atoms with E-state index >= 15 is 0 Å². The third kappa shape index (κ3) is 3.92. The van der Waals surface area contributed by atoms with Crippen LogP contribution >= 0.6 is 0 Å². The second-order valence-corrected chi connectivity index (χ2v) is 5.32. The van der Waals surface area contributed by atoms with Gasteiger partial charge in [-0.2, -0.15) is 5.10 Å². The highest BCUT2D eigenvalue weighted by atomic mass is 16.5. The lowest BCUT2D eigenvalue weighted by atomic mass is 10.2. The van der Waals surface area contributed by atoms with Gasteiger partial charge in [0.15, 0.2) is 5.75 Å². The molecule has 0 radical (unpaired) electrons. The van der Waals surface area contributed by atoms with Crippen molar-refractivity contribution in [3.8, 4) is 5.75 Å². The predicted octanol–water partition coefficient (Wildman–Crippen LogP) is 0.239. The number of likely N-dealkylation sites (N-methyl/N-ethyl adjacent to an activating group) is 1. The Hall–Kier alpha value is -1.11. The zero-order valence-electron chi connectivity index (χ0n) is 12.0. The van der Waals surface area contributed by atoms with Gasteiger partial charge in [-0.15, -0.1) is 0 Å². The second-order valence-electron chi connectivity index (χ2n) is 5.32. The summed E-state index contributed by atoms with van der Waals surface area (Å²) in [5.74, 6) is 0.656. The first-order valence-electron chi connectivity index (χ1n) is 6.77. The lowest BCUT2D eigenvalue weighted by molar-refractivity contribution is 0.157. The summed E-state index contributed by atoms with van der Waals surface area (Å²) in [5, 5.41) is 18.0. The highest BCUT2D eigenvalue weighted by Crippen LogP contribution is 2.26. The van der Waals surface area contributed by atoms with Crippen LogP contribution in [-0.4, -0.2) is 60.1 Å². The van der Waals surface area contributed by atoms with Gasteiger partial charge in [-0.05, 0) is 26.9 Å². The minimum Gasteiger partial charge on any atom is -0.493 e. The van der Waals surface area contributed by atoms with Crippen molar-refractivity contribution in [2.24, 2.45) is 0 Å². The fraction of sp³-hybridized carbons (Fsp3) is 0.769. The Kier molecular flexibility index (Phi) is 4.79. The van der Waals surface area contributed by atoms with E-state index in [1.54, 1.807) is 13.3 Å². The first-order valence-corrected chi connectivity index (χ1v) is 6.77.